The topological polar surface area (TPSA) is 87.7 Å². The molecule has 0 spiro atoms. The number of rotatable bonds is 15. The van der Waals surface area contributed by atoms with E-state index in [0.717, 1.165) is 59.9 Å². The molecular weight excluding hydrogens is 562 g/mol. The summed E-state index contributed by atoms with van der Waals surface area (Å²) in [4.78, 5) is 43.6. The zero-order valence-electron chi connectivity index (χ0n) is 27.9. The minimum absolute atomic E-state index is 0.260. The number of unbranched alkanes of at least 4 members (excludes halogenated alkanes) is 4. The lowest BCUT2D eigenvalue weighted by atomic mass is 9.97. The number of carbonyl (C=O) groups excluding carboxylic acids is 3. The van der Waals surface area contributed by atoms with Crippen molar-refractivity contribution >= 4 is 17.9 Å². The summed E-state index contributed by atoms with van der Waals surface area (Å²) in [7, 11) is 0. The van der Waals surface area contributed by atoms with Crippen LogP contribution in [0.2, 0.25) is 0 Å². The van der Waals surface area contributed by atoms with Crippen LogP contribution >= 0.6 is 0 Å². The Bertz CT molecular complexity index is 1370. The minimum Gasteiger partial charge on any atom is -0.444 e. The molecule has 45 heavy (non-hydrogen) atoms. The van der Waals surface area contributed by atoms with Crippen LogP contribution in [0.4, 0.5) is 4.79 Å². The molecule has 3 aromatic rings. The number of carbonyl (C=O) groups is 3. The molecule has 2 unspecified atom stereocenters. The Labute approximate surface area is 269 Å². The quantitative estimate of drug-likeness (QED) is 0.173. The average molecular weight is 614 g/mol. The molecule has 0 aliphatic heterocycles. The predicted octanol–water partition coefficient (Wildman–Crippen LogP) is 7.60. The summed E-state index contributed by atoms with van der Waals surface area (Å²) in [6.07, 6.45) is 4.54. The number of hydrogen-bond donors (Lipinski definition) is 2. The molecule has 0 heterocycles. The van der Waals surface area contributed by atoms with Crippen molar-refractivity contribution in [3.63, 3.8) is 0 Å². The number of alkyl carbamates (subject to hydrolysis) is 1. The Morgan fingerprint density at radius 2 is 1.42 bits per heavy atom. The van der Waals surface area contributed by atoms with E-state index in [0.29, 0.717) is 13.1 Å². The van der Waals surface area contributed by atoms with Gasteiger partial charge in [-0.2, -0.15) is 0 Å². The summed E-state index contributed by atoms with van der Waals surface area (Å²) >= 11 is 0. The van der Waals surface area contributed by atoms with E-state index in [-0.39, 0.29) is 18.2 Å². The first-order chi connectivity index (χ1) is 21.5. The Morgan fingerprint density at radius 1 is 0.800 bits per heavy atom. The van der Waals surface area contributed by atoms with Crippen molar-refractivity contribution in [3.05, 3.63) is 107 Å². The molecule has 0 saturated carbocycles. The van der Waals surface area contributed by atoms with Gasteiger partial charge in [0.05, 0.1) is 0 Å². The highest BCUT2D eigenvalue weighted by Crippen LogP contribution is 2.26. The van der Waals surface area contributed by atoms with E-state index in [9.17, 15) is 14.4 Å². The van der Waals surface area contributed by atoms with Gasteiger partial charge in [0.25, 0.3) is 0 Å². The molecular formula is C38H51N3O4. The molecule has 3 rings (SSSR count). The summed E-state index contributed by atoms with van der Waals surface area (Å²) in [6.45, 7) is 12.3. The summed E-state index contributed by atoms with van der Waals surface area (Å²) in [5.74, 6) is -0.585. The highest BCUT2D eigenvalue weighted by Gasteiger charge is 2.36. The fourth-order valence-electron chi connectivity index (χ4n) is 5.24. The number of nitrogens with zero attached hydrogens (tertiary/aromatic N) is 1. The van der Waals surface area contributed by atoms with E-state index < -0.39 is 23.8 Å². The normalized spacial score (nSPS) is 12.6. The molecule has 0 aromatic heterocycles. The number of amides is 3. The molecule has 2 atom stereocenters. The molecule has 0 aliphatic rings. The van der Waals surface area contributed by atoms with Crippen molar-refractivity contribution in [1.29, 1.82) is 0 Å². The molecule has 0 saturated heterocycles. The van der Waals surface area contributed by atoms with E-state index in [1.54, 1.807) is 25.7 Å². The summed E-state index contributed by atoms with van der Waals surface area (Å²) in [5, 5.41) is 5.95. The molecule has 0 bridgehead atoms. The lowest BCUT2D eigenvalue weighted by molar-refractivity contribution is -0.142. The first-order valence-corrected chi connectivity index (χ1v) is 16.2. The monoisotopic (exact) mass is 613 g/mol. The number of benzene rings is 3. The SMILES string of the molecule is CCCCCCCN(C(=O)C(Cc1ccccc1)NC(=O)OC(C)(C)C)C(C(=O)NCc1ccccc1)c1ccc(C)c(C)c1. The van der Waals surface area contributed by atoms with Gasteiger partial charge in [0, 0.05) is 19.5 Å². The number of hydrogen-bond acceptors (Lipinski definition) is 4. The molecule has 0 aliphatic carbocycles. The Balaban J connectivity index is 2.03. The highest BCUT2D eigenvalue weighted by atomic mass is 16.6. The molecule has 7 heteroatoms. The molecule has 2 N–H and O–H groups in total. The van der Waals surface area contributed by atoms with Crippen LogP contribution in [0, 0.1) is 13.8 Å². The van der Waals surface area contributed by atoms with Crippen molar-refractivity contribution in [2.24, 2.45) is 0 Å². The van der Waals surface area contributed by atoms with Gasteiger partial charge in [-0.25, -0.2) is 4.79 Å². The second-order valence-electron chi connectivity index (χ2n) is 12.8. The van der Waals surface area contributed by atoms with Crippen LogP contribution in [0.5, 0.6) is 0 Å². The largest absolute Gasteiger partial charge is 0.444 e. The van der Waals surface area contributed by atoms with Crippen molar-refractivity contribution in [2.45, 2.75) is 104 Å². The zero-order valence-corrected chi connectivity index (χ0v) is 27.9. The maximum Gasteiger partial charge on any atom is 0.408 e. The van der Waals surface area contributed by atoms with Gasteiger partial charge in [0.15, 0.2) is 0 Å². The summed E-state index contributed by atoms with van der Waals surface area (Å²) in [5.41, 5.74) is 4.01. The third-order valence-corrected chi connectivity index (χ3v) is 7.77. The van der Waals surface area contributed by atoms with Crippen molar-refractivity contribution in [1.82, 2.24) is 15.5 Å². The summed E-state index contributed by atoms with van der Waals surface area (Å²) < 4.78 is 5.57. The minimum atomic E-state index is -0.936. The molecule has 0 radical (unpaired) electrons. The van der Waals surface area contributed by atoms with E-state index in [2.05, 4.69) is 17.6 Å². The number of nitrogens with one attached hydrogen (secondary N) is 2. The fourth-order valence-corrected chi connectivity index (χ4v) is 5.24. The molecule has 3 amide bonds. The van der Waals surface area contributed by atoms with Crippen LogP contribution in [-0.4, -0.2) is 41.0 Å². The number of ether oxygens (including phenoxy) is 1. The van der Waals surface area contributed by atoms with Gasteiger partial charge in [-0.3, -0.25) is 9.59 Å². The van der Waals surface area contributed by atoms with E-state index >= 15 is 0 Å². The van der Waals surface area contributed by atoms with Gasteiger partial charge in [0.1, 0.15) is 17.7 Å². The zero-order chi connectivity index (χ0) is 32.8. The Morgan fingerprint density at radius 3 is 2.02 bits per heavy atom. The van der Waals surface area contributed by atoms with Crippen LogP contribution in [0.25, 0.3) is 0 Å². The standard InChI is InChI=1S/C38H51N3O4/c1-7-8-9-10-17-24-41(36(43)33(26-30-18-13-11-14-19-30)40-37(44)45-38(4,5)6)34(32-23-22-28(2)29(3)25-32)35(42)39-27-31-20-15-12-16-21-31/h11-16,18-23,25,33-34H,7-10,17,24,26-27H2,1-6H3,(H,39,42)(H,40,44). The van der Waals surface area contributed by atoms with Gasteiger partial charge in [-0.1, -0.05) is 111 Å². The van der Waals surface area contributed by atoms with Gasteiger partial charge in [0.2, 0.25) is 11.8 Å². The van der Waals surface area contributed by atoms with Gasteiger partial charge in [-0.15, -0.1) is 0 Å². The van der Waals surface area contributed by atoms with Crippen molar-refractivity contribution in [2.75, 3.05) is 6.54 Å². The maximum absolute atomic E-state index is 14.7. The van der Waals surface area contributed by atoms with E-state index in [1.807, 2.05) is 92.7 Å². The lowest BCUT2D eigenvalue weighted by Crippen LogP contribution is -2.54. The third kappa shape index (κ3) is 11.7. The van der Waals surface area contributed by atoms with Gasteiger partial charge < -0.3 is 20.3 Å². The maximum atomic E-state index is 14.7. The van der Waals surface area contributed by atoms with Crippen molar-refractivity contribution in [3.8, 4) is 0 Å². The van der Waals surface area contributed by atoms with Gasteiger partial charge in [-0.05, 0) is 68.9 Å². The Hall–Kier alpha value is -4.13. The van der Waals surface area contributed by atoms with Crippen LogP contribution in [-0.2, 0) is 27.3 Å². The van der Waals surface area contributed by atoms with Crippen LogP contribution in [0.3, 0.4) is 0 Å². The first-order valence-electron chi connectivity index (χ1n) is 16.2. The van der Waals surface area contributed by atoms with Gasteiger partial charge >= 0.3 is 6.09 Å². The third-order valence-electron chi connectivity index (χ3n) is 7.77. The molecule has 7 nitrogen and oxygen atoms in total. The lowest BCUT2D eigenvalue weighted by Gasteiger charge is -2.35. The van der Waals surface area contributed by atoms with Crippen LogP contribution in [0.1, 0.15) is 93.7 Å². The first kappa shape index (κ1) is 35.4. The highest BCUT2D eigenvalue weighted by molar-refractivity contribution is 5.92. The number of aryl methyl sites for hydroxylation is 2. The van der Waals surface area contributed by atoms with E-state index in [1.165, 1.54) is 0 Å². The second kappa shape index (κ2) is 17.4. The smallest absolute Gasteiger partial charge is 0.408 e. The molecule has 242 valence electrons. The molecule has 3 aromatic carbocycles. The second-order valence-corrected chi connectivity index (χ2v) is 12.8. The summed E-state index contributed by atoms with van der Waals surface area (Å²) in [6, 6.07) is 23.4. The average Bonchev–Trinajstić information content (AvgIpc) is 3.00. The Kier molecular flexibility index (Phi) is 13.7. The molecule has 0 fully saturated rings. The van der Waals surface area contributed by atoms with Crippen LogP contribution in [0.15, 0.2) is 78.9 Å². The van der Waals surface area contributed by atoms with Crippen LogP contribution < -0.4 is 10.6 Å². The van der Waals surface area contributed by atoms with Crippen molar-refractivity contribution < 1.29 is 19.1 Å². The predicted molar refractivity (Wildman–Crippen MR) is 181 cm³/mol. The van der Waals surface area contributed by atoms with E-state index in [4.69, 9.17) is 4.74 Å². The fraction of sp³-hybridized carbons (Fsp3) is 0.447.